The molecule has 0 aromatic rings. The van der Waals surface area contributed by atoms with Crippen LogP contribution in [0, 0.1) is 5.92 Å². The van der Waals surface area contributed by atoms with E-state index in [1.165, 1.54) is 5.57 Å². The van der Waals surface area contributed by atoms with Gasteiger partial charge in [-0.1, -0.05) is 18.1 Å². The van der Waals surface area contributed by atoms with Gasteiger partial charge in [-0.2, -0.15) is 8.42 Å². The molecule has 2 unspecified atom stereocenters. The van der Waals surface area contributed by atoms with Gasteiger partial charge in [-0.05, 0) is 52.1 Å². The molecule has 0 heterocycles. The van der Waals surface area contributed by atoms with Crippen LogP contribution >= 0.6 is 0 Å². The Hall–Kier alpha value is -0.390. The molecule has 0 bridgehead atoms. The first-order valence-corrected chi connectivity index (χ1v) is 7.68. The predicted octanol–water partition coefficient (Wildman–Crippen LogP) is 1.99. The van der Waals surface area contributed by atoms with Crippen LogP contribution in [0.2, 0.25) is 0 Å². The van der Waals surface area contributed by atoms with Crippen molar-refractivity contribution in [1.82, 2.24) is 5.32 Å². The Morgan fingerprint density at radius 3 is 2.41 bits per heavy atom. The Morgan fingerprint density at radius 1 is 1.29 bits per heavy atom. The van der Waals surface area contributed by atoms with Gasteiger partial charge in [-0.25, -0.2) is 0 Å². The van der Waals surface area contributed by atoms with Gasteiger partial charge < -0.3 is 5.32 Å². The molecule has 5 heteroatoms. The standard InChI is InChI=1S/C12H23NO3S/c1-4-5-13-8-11-6-9(2)10(3)7-12(11)17(14,15)16/h11-13H,4-8H2,1-3H3,(H,14,15,16). The largest absolute Gasteiger partial charge is 0.316 e. The lowest BCUT2D eigenvalue weighted by Crippen LogP contribution is -2.39. The normalized spacial score (nSPS) is 26.4. The monoisotopic (exact) mass is 261 g/mol. The van der Waals surface area contributed by atoms with Crippen LogP contribution in [0.1, 0.15) is 40.0 Å². The molecular formula is C12H23NO3S. The molecule has 0 radical (unpaired) electrons. The molecule has 1 aliphatic rings. The van der Waals surface area contributed by atoms with Crippen LogP contribution in [0.4, 0.5) is 0 Å². The van der Waals surface area contributed by atoms with Crippen molar-refractivity contribution in [3.63, 3.8) is 0 Å². The van der Waals surface area contributed by atoms with Gasteiger partial charge in [0.2, 0.25) is 0 Å². The minimum atomic E-state index is -3.94. The zero-order valence-electron chi connectivity index (χ0n) is 10.9. The molecule has 0 aliphatic heterocycles. The zero-order valence-corrected chi connectivity index (χ0v) is 11.7. The molecule has 0 spiro atoms. The summed E-state index contributed by atoms with van der Waals surface area (Å²) >= 11 is 0. The smallest absolute Gasteiger partial charge is 0.268 e. The van der Waals surface area contributed by atoms with Gasteiger partial charge in [0.1, 0.15) is 0 Å². The summed E-state index contributed by atoms with van der Waals surface area (Å²) in [6.45, 7) is 7.61. The van der Waals surface area contributed by atoms with Gasteiger partial charge in [0, 0.05) is 0 Å². The van der Waals surface area contributed by atoms with E-state index in [-0.39, 0.29) is 5.92 Å². The van der Waals surface area contributed by atoms with Crippen LogP contribution in [0.5, 0.6) is 0 Å². The Balaban J connectivity index is 2.77. The number of hydrogen-bond donors (Lipinski definition) is 2. The first-order valence-electron chi connectivity index (χ1n) is 6.18. The number of rotatable bonds is 5. The highest BCUT2D eigenvalue weighted by Crippen LogP contribution is 2.32. The third-order valence-corrected chi connectivity index (χ3v) is 4.86. The van der Waals surface area contributed by atoms with E-state index in [9.17, 15) is 13.0 Å². The molecule has 0 amide bonds. The van der Waals surface area contributed by atoms with Gasteiger partial charge in [-0.15, -0.1) is 0 Å². The Bertz CT molecular complexity index is 387. The maximum atomic E-state index is 11.4. The fourth-order valence-corrected chi connectivity index (χ4v) is 3.50. The molecule has 0 fully saturated rings. The zero-order chi connectivity index (χ0) is 13.1. The summed E-state index contributed by atoms with van der Waals surface area (Å²) in [5, 5.41) is 2.60. The third-order valence-electron chi connectivity index (χ3n) is 3.55. The van der Waals surface area contributed by atoms with Crippen molar-refractivity contribution in [3.05, 3.63) is 11.1 Å². The Labute approximate surface area is 104 Å². The summed E-state index contributed by atoms with van der Waals surface area (Å²) in [4.78, 5) is 0. The molecule has 0 saturated carbocycles. The first kappa shape index (κ1) is 14.7. The SMILES string of the molecule is CCCNCC1CC(C)=C(C)CC1S(=O)(=O)O. The lowest BCUT2D eigenvalue weighted by molar-refractivity contribution is 0.384. The van der Waals surface area contributed by atoms with E-state index in [1.54, 1.807) is 0 Å². The molecule has 17 heavy (non-hydrogen) atoms. The second-order valence-electron chi connectivity index (χ2n) is 4.99. The summed E-state index contributed by atoms with van der Waals surface area (Å²) in [6, 6.07) is 0. The molecule has 4 nitrogen and oxygen atoms in total. The Kier molecular flexibility index (Phi) is 5.16. The van der Waals surface area contributed by atoms with E-state index >= 15 is 0 Å². The van der Waals surface area contributed by atoms with E-state index in [4.69, 9.17) is 0 Å². The molecule has 2 atom stereocenters. The van der Waals surface area contributed by atoms with Gasteiger partial charge in [0.05, 0.1) is 5.25 Å². The van der Waals surface area contributed by atoms with E-state index in [0.717, 1.165) is 25.0 Å². The lowest BCUT2D eigenvalue weighted by Gasteiger charge is -2.31. The number of nitrogens with one attached hydrogen (secondary N) is 1. The minimum absolute atomic E-state index is 0.0137. The van der Waals surface area contributed by atoms with Crippen LogP contribution in [-0.2, 0) is 10.1 Å². The summed E-state index contributed by atoms with van der Waals surface area (Å²) in [5.41, 5.74) is 2.35. The first-order chi connectivity index (χ1) is 7.86. The van der Waals surface area contributed by atoms with Gasteiger partial charge >= 0.3 is 0 Å². The maximum Gasteiger partial charge on any atom is 0.268 e. The minimum Gasteiger partial charge on any atom is -0.316 e. The third kappa shape index (κ3) is 4.08. The number of allylic oxidation sites excluding steroid dienone is 2. The highest BCUT2D eigenvalue weighted by atomic mass is 32.2. The van der Waals surface area contributed by atoms with Crippen molar-refractivity contribution in [1.29, 1.82) is 0 Å². The van der Waals surface area contributed by atoms with Crippen LogP contribution in [0.25, 0.3) is 0 Å². The Morgan fingerprint density at radius 2 is 1.88 bits per heavy atom. The summed E-state index contributed by atoms with van der Waals surface area (Å²) < 4.78 is 32.1. The van der Waals surface area contributed by atoms with Crippen molar-refractivity contribution >= 4 is 10.1 Å². The van der Waals surface area contributed by atoms with Gasteiger partial charge in [0.25, 0.3) is 10.1 Å². The molecule has 1 aliphatic carbocycles. The fraction of sp³-hybridized carbons (Fsp3) is 0.833. The van der Waals surface area contributed by atoms with Crippen molar-refractivity contribution in [2.45, 2.75) is 45.3 Å². The molecule has 0 aromatic carbocycles. The predicted molar refractivity (Wildman–Crippen MR) is 69.6 cm³/mol. The molecular weight excluding hydrogens is 238 g/mol. The second-order valence-corrected chi connectivity index (χ2v) is 6.62. The van der Waals surface area contributed by atoms with Crippen molar-refractivity contribution in [2.24, 2.45) is 5.92 Å². The molecule has 100 valence electrons. The van der Waals surface area contributed by atoms with E-state index in [1.807, 2.05) is 13.8 Å². The quantitative estimate of drug-likeness (QED) is 0.451. The number of hydrogen-bond acceptors (Lipinski definition) is 3. The van der Waals surface area contributed by atoms with Crippen molar-refractivity contribution in [3.8, 4) is 0 Å². The molecule has 2 N–H and O–H groups in total. The van der Waals surface area contributed by atoms with Gasteiger partial charge in [-0.3, -0.25) is 4.55 Å². The van der Waals surface area contributed by atoms with E-state index < -0.39 is 15.4 Å². The van der Waals surface area contributed by atoms with Crippen LogP contribution < -0.4 is 5.32 Å². The average Bonchev–Trinajstić information content (AvgIpc) is 2.21. The van der Waals surface area contributed by atoms with Crippen LogP contribution in [-0.4, -0.2) is 31.3 Å². The lowest BCUT2D eigenvalue weighted by atomic mass is 9.84. The summed E-state index contributed by atoms with van der Waals surface area (Å²) in [5.74, 6) is -0.0137. The van der Waals surface area contributed by atoms with E-state index in [2.05, 4.69) is 12.2 Å². The van der Waals surface area contributed by atoms with Crippen LogP contribution in [0.3, 0.4) is 0 Å². The topological polar surface area (TPSA) is 66.4 Å². The highest BCUT2D eigenvalue weighted by Gasteiger charge is 2.35. The van der Waals surface area contributed by atoms with Crippen molar-refractivity contribution in [2.75, 3.05) is 13.1 Å². The second kappa shape index (κ2) is 5.98. The molecule has 0 aromatic heterocycles. The maximum absolute atomic E-state index is 11.4. The summed E-state index contributed by atoms with van der Waals surface area (Å²) in [6.07, 6.45) is 2.24. The van der Waals surface area contributed by atoms with Crippen LogP contribution in [0.15, 0.2) is 11.1 Å². The molecule has 0 saturated heterocycles. The fourth-order valence-electron chi connectivity index (χ4n) is 2.36. The summed E-state index contributed by atoms with van der Waals surface area (Å²) in [7, 11) is -3.94. The van der Waals surface area contributed by atoms with Gasteiger partial charge in [0.15, 0.2) is 0 Å². The van der Waals surface area contributed by atoms with E-state index in [0.29, 0.717) is 13.0 Å². The van der Waals surface area contributed by atoms with Crippen molar-refractivity contribution < 1.29 is 13.0 Å². The highest BCUT2D eigenvalue weighted by molar-refractivity contribution is 7.86. The molecule has 1 rings (SSSR count). The average molecular weight is 261 g/mol.